The van der Waals surface area contributed by atoms with Gasteiger partial charge in [-0.25, -0.2) is 17.1 Å². The first-order valence-electron chi connectivity index (χ1n) is 5.43. The summed E-state index contributed by atoms with van der Waals surface area (Å²) in [6.45, 7) is 1.44. The maximum absolute atomic E-state index is 13.5. The number of hydrogen-bond donors (Lipinski definition) is 2. The fourth-order valence-electron chi connectivity index (χ4n) is 1.52. The Morgan fingerprint density at radius 3 is 2.61 bits per heavy atom. The van der Waals surface area contributed by atoms with Gasteiger partial charge >= 0.3 is 0 Å². The molecule has 1 aromatic rings. The summed E-state index contributed by atoms with van der Waals surface area (Å²) in [7, 11) is -2.40. The van der Waals surface area contributed by atoms with Crippen LogP contribution in [-0.4, -0.2) is 38.0 Å². The van der Waals surface area contributed by atoms with Crippen LogP contribution in [0.4, 0.5) is 10.1 Å². The average molecular weight is 276 g/mol. The van der Waals surface area contributed by atoms with Gasteiger partial charge in [0, 0.05) is 31.5 Å². The smallest absolute Gasteiger partial charge is 0.243 e. The van der Waals surface area contributed by atoms with E-state index < -0.39 is 15.8 Å². The predicted molar refractivity (Wildman–Crippen MR) is 67.1 cm³/mol. The summed E-state index contributed by atoms with van der Waals surface area (Å²) in [5, 5.41) is 8.69. The fraction of sp³-hybridized carbons (Fsp3) is 0.455. The van der Waals surface area contributed by atoms with Crippen LogP contribution in [0.3, 0.4) is 0 Å². The van der Waals surface area contributed by atoms with Gasteiger partial charge in [0.25, 0.3) is 0 Å². The number of rotatable bonds is 5. The lowest BCUT2D eigenvalue weighted by molar-refractivity contribution is 0.275. The molecule has 5 nitrogen and oxygen atoms in total. The highest BCUT2D eigenvalue weighted by molar-refractivity contribution is 7.89. The minimum absolute atomic E-state index is 0.0417. The third-order valence-corrected chi connectivity index (χ3v) is 4.62. The maximum atomic E-state index is 13.5. The van der Waals surface area contributed by atoms with E-state index in [9.17, 15) is 12.8 Å². The van der Waals surface area contributed by atoms with Crippen LogP contribution >= 0.6 is 0 Å². The number of halogens is 1. The van der Waals surface area contributed by atoms with Crippen LogP contribution in [0, 0.1) is 12.7 Å². The van der Waals surface area contributed by atoms with Crippen molar-refractivity contribution in [2.45, 2.75) is 18.2 Å². The number of sulfonamides is 1. The second-order valence-electron chi connectivity index (χ2n) is 4.03. The van der Waals surface area contributed by atoms with E-state index in [2.05, 4.69) is 0 Å². The van der Waals surface area contributed by atoms with Crippen LogP contribution in [0.5, 0.6) is 0 Å². The minimum atomic E-state index is -3.78. The highest BCUT2D eigenvalue weighted by Crippen LogP contribution is 2.24. The number of nitrogens with zero attached hydrogens (tertiary/aromatic N) is 1. The molecule has 18 heavy (non-hydrogen) atoms. The van der Waals surface area contributed by atoms with Gasteiger partial charge in [-0.05, 0) is 25.5 Å². The predicted octanol–water partition coefficient (Wildman–Crippen LogP) is 0.719. The lowest BCUT2D eigenvalue weighted by Gasteiger charge is -2.18. The zero-order valence-electron chi connectivity index (χ0n) is 10.4. The van der Waals surface area contributed by atoms with E-state index in [-0.39, 0.29) is 29.3 Å². The molecule has 0 bridgehead atoms. The third kappa shape index (κ3) is 2.98. The Morgan fingerprint density at radius 1 is 1.44 bits per heavy atom. The zero-order chi connectivity index (χ0) is 13.9. The van der Waals surface area contributed by atoms with E-state index in [0.29, 0.717) is 6.42 Å². The molecule has 0 aliphatic rings. The Labute approximate surface area is 106 Å². The summed E-state index contributed by atoms with van der Waals surface area (Å²) in [5.74, 6) is -0.649. The Morgan fingerprint density at radius 2 is 2.06 bits per heavy atom. The van der Waals surface area contributed by atoms with Crippen molar-refractivity contribution in [3.63, 3.8) is 0 Å². The Bertz CT molecular complexity index is 531. The molecule has 0 heterocycles. The van der Waals surface area contributed by atoms with Crippen molar-refractivity contribution in [1.82, 2.24) is 4.31 Å². The van der Waals surface area contributed by atoms with Crippen LogP contribution in [0.15, 0.2) is 17.0 Å². The molecule has 0 aliphatic heterocycles. The molecular weight excluding hydrogens is 259 g/mol. The molecule has 1 aromatic carbocycles. The van der Waals surface area contributed by atoms with Gasteiger partial charge in [0.2, 0.25) is 10.0 Å². The van der Waals surface area contributed by atoms with Crippen molar-refractivity contribution >= 4 is 15.7 Å². The fourth-order valence-corrected chi connectivity index (χ4v) is 3.00. The van der Waals surface area contributed by atoms with Gasteiger partial charge < -0.3 is 10.8 Å². The van der Waals surface area contributed by atoms with Crippen molar-refractivity contribution in [3.8, 4) is 0 Å². The highest BCUT2D eigenvalue weighted by Gasteiger charge is 2.24. The first-order valence-corrected chi connectivity index (χ1v) is 6.87. The van der Waals surface area contributed by atoms with E-state index in [0.717, 1.165) is 10.4 Å². The molecule has 1 rings (SSSR count). The van der Waals surface area contributed by atoms with Gasteiger partial charge in [0.05, 0.1) is 4.90 Å². The number of nitrogens with two attached hydrogens (primary N) is 1. The topological polar surface area (TPSA) is 83.6 Å². The monoisotopic (exact) mass is 276 g/mol. The second-order valence-corrected chi connectivity index (χ2v) is 6.04. The minimum Gasteiger partial charge on any atom is -0.399 e. The number of benzene rings is 1. The summed E-state index contributed by atoms with van der Waals surface area (Å²) in [5.41, 5.74) is 5.57. The van der Waals surface area contributed by atoms with E-state index in [4.69, 9.17) is 10.8 Å². The second kappa shape index (κ2) is 5.64. The van der Waals surface area contributed by atoms with E-state index in [1.165, 1.54) is 20.0 Å². The van der Waals surface area contributed by atoms with Crippen LogP contribution in [0.2, 0.25) is 0 Å². The molecule has 0 unspecified atom stereocenters. The highest BCUT2D eigenvalue weighted by atomic mass is 32.2. The van der Waals surface area contributed by atoms with E-state index in [1.807, 2.05) is 0 Å². The summed E-state index contributed by atoms with van der Waals surface area (Å²) in [6.07, 6.45) is 0.319. The molecule has 0 radical (unpaired) electrons. The van der Waals surface area contributed by atoms with Gasteiger partial charge in [0.15, 0.2) is 0 Å². The molecule has 0 aromatic heterocycles. The van der Waals surface area contributed by atoms with E-state index in [1.54, 1.807) is 0 Å². The molecule has 0 spiro atoms. The van der Waals surface area contributed by atoms with Gasteiger partial charge in [-0.2, -0.15) is 0 Å². The molecule has 3 N–H and O–H groups in total. The standard InChI is InChI=1S/C11H17FN2O3S/c1-8-10(12)6-9(13)7-11(8)18(16,17)14(2)4-3-5-15/h6-7,15H,3-5,13H2,1-2H3. The quantitative estimate of drug-likeness (QED) is 0.776. The third-order valence-electron chi connectivity index (χ3n) is 2.64. The zero-order valence-corrected chi connectivity index (χ0v) is 11.2. The Hall–Kier alpha value is -1.18. The van der Waals surface area contributed by atoms with E-state index >= 15 is 0 Å². The van der Waals surface area contributed by atoms with Crippen LogP contribution in [-0.2, 0) is 10.0 Å². The molecule has 0 aliphatic carbocycles. The number of aliphatic hydroxyl groups is 1. The van der Waals surface area contributed by atoms with Crippen molar-refractivity contribution in [2.75, 3.05) is 25.9 Å². The van der Waals surface area contributed by atoms with Crippen molar-refractivity contribution in [1.29, 1.82) is 0 Å². The van der Waals surface area contributed by atoms with Gasteiger partial charge in [-0.15, -0.1) is 0 Å². The number of anilines is 1. The van der Waals surface area contributed by atoms with Gasteiger partial charge in [-0.1, -0.05) is 0 Å². The van der Waals surface area contributed by atoms with Crippen molar-refractivity contribution in [3.05, 3.63) is 23.5 Å². The molecule has 0 amide bonds. The van der Waals surface area contributed by atoms with Crippen LogP contribution < -0.4 is 5.73 Å². The number of hydrogen-bond acceptors (Lipinski definition) is 4. The Balaban J connectivity index is 3.20. The summed E-state index contributed by atoms with van der Waals surface area (Å²) < 4.78 is 38.9. The normalized spacial score (nSPS) is 12.1. The number of aliphatic hydroxyl groups excluding tert-OH is 1. The molecule has 0 saturated heterocycles. The van der Waals surface area contributed by atoms with Crippen molar-refractivity contribution in [2.24, 2.45) is 0 Å². The van der Waals surface area contributed by atoms with Gasteiger partial charge in [-0.3, -0.25) is 0 Å². The first kappa shape index (κ1) is 14.9. The summed E-state index contributed by atoms with van der Waals surface area (Å²) >= 11 is 0. The molecule has 0 atom stereocenters. The average Bonchev–Trinajstić information content (AvgIpc) is 2.30. The molecule has 7 heteroatoms. The van der Waals surface area contributed by atoms with Crippen molar-refractivity contribution < 1.29 is 17.9 Å². The molecular formula is C11H17FN2O3S. The lowest BCUT2D eigenvalue weighted by Crippen LogP contribution is -2.29. The largest absolute Gasteiger partial charge is 0.399 e. The maximum Gasteiger partial charge on any atom is 0.243 e. The Kier molecular flexibility index (Phi) is 4.66. The molecule has 102 valence electrons. The number of nitrogen functional groups attached to an aromatic ring is 1. The molecule has 0 saturated carbocycles. The van der Waals surface area contributed by atoms with Crippen LogP contribution in [0.25, 0.3) is 0 Å². The van der Waals surface area contributed by atoms with Crippen LogP contribution in [0.1, 0.15) is 12.0 Å². The molecule has 0 fully saturated rings. The summed E-state index contributed by atoms with van der Waals surface area (Å²) in [6, 6.07) is 2.32. The SMILES string of the molecule is Cc1c(F)cc(N)cc1S(=O)(=O)N(C)CCCO. The first-order chi connectivity index (χ1) is 8.30. The lowest BCUT2D eigenvalue weighted by atomic mass is 10.2. The van der Waals surface area contributed by atoms with Gasteiger partial charge in [0.1, 0.15) is 5.82 Å². The summed E-state index contributed by atoms with van der Waals surface area (Å²) in [4.78, 5) is -0.138.